The van der Waals surface area contributed by atoms with E-state index in [0.717, 1.165) is 11.1 Å². The van der Waals surface area contributed by atoms with Crippen molar-refractivity contribution in [2.75, 3.05) is 7.11 Å². The van der Waals surface area contributed by atoms with Crippen LogP contribution in [0.4, 0.5) is 0 Å². The molecule has 18 heavy (non-hydrogen) atoms. The van der Waals surface area contributed by atoms with Gasteiger partial charge >= 0.3 is 0 Å². The molecule has 1 atom stereocenters. The third-order valence-corrected chi connectivity index (χ3v) is 3.73. The third-order valence-electron chi connectivity index (χ3n) is 2.68. The van der Waals surface area contributed by atoms with Gasteiger partial charge in [-0.25, -0.2) is 0 Å². The summed E-state index contributed by atoms with van der Waals surface area (Å²) in [5.74, 6) is 0.258. The second-order valence-electron chi connectivity index (χ2n) is 4.01. The minimum atomic E-state index is -0.263. The summed E-state index contributed by atoms with van der Waals surface area (Å²) in [6, 6.07) is 8.78. The first-order valence-electron chi connectivity index (χ1n) is 5.53. The fourth-order valence-electron chi connectivity index (χ4n) is 1.83. The number of ketones is 1. The van der Waals surface area contributed by atoms with E-state index in [2.05, 4.69) is 0 Å². The Morgan fingerprint density at radius 2 is 2.11 bits per heavy atom. The second kappa shape index (κ2) is 5.33. The van der Waals surface area contributed by atoms with Gasteiger partial charge in [-0.2, -0.15) is 0 Å². The standard InChI is InChI=1S/C14H14O3S/c1-9(15)13-7-11(8-18-13)14(17-2)10-4-3-5-12(16)6-10/h3-8,14,16H,1-2H3. The van der Waals surface area contributed by atoms with Crippen LogP contribution in [0.15, 0.2) is 35.7 Å². The molecular formula is C14H14O3S. The van der Waals surface area contributed by atoms with Gasteiger partial charge in [0.1, 0.15) is 11.9 Å². The molecule has 0 aliphatic carbocycles. The fraction of sp³-hybridized carbons (Fsp3) is 0.214. The molecule has 0 fully saturated rings. The first-order valence-corrected chi connectivity index (χ1v) is 6.41. The highest BCUT2D eigenvalue weighted by atomic mass is 32.1. The zero-order valence-electron chi connectivity index (χ0n) is 10.2. The van der Waals surface area contributed by atoms with Gasteiger partial charge in [-0.1, -0.05) is 12.1 Å². The Morgan fingerprint density at radius 1 is 1.33 bits per heavy atom. The molecule has 1 unspecified atom stereocenters. The average Bonchev–Trinajstić information content (AvgIpc) is 2.80. The van der Waals surface area contributed by atoms with Gasteiger partial charge in [-0.3, -0.25) is 4.79 Å². The maximum Gasteiger partial charge on any atom is 0.169 e. The lowest BCUT2D eigenvalue weighted by atomic mass is 10.0. The molecule has 0 saturated carbocycles. The largest absolute Gasteiger partial charge is 0.508 e. The molecular weight excluding hydrogens is 248 g/mol. The minimum absolute atomic E-state index is 0.0528. The number of phenolic OH excluding ortho intramolecular Hbond substituents is 1. The predicted octanol–water partition coefficient (Wildman–Crippen LogP) is 3.39. The fourth-order valence-corrected chi connectivity index (χ4v) is 2.65. The minimum Gasteiger partial charge on any atom is -0.508 e. The molecule has 94 valence electrons. The maximum atomic E-state index is 11.3. The number of aromatic hydroxyl groups is 1. The van der Waals surface area contributed by atoms with Crippen LogP contribution in [0.25, 0.3) is 0 Å². The molecule has 3 nitrogen and oxygen atoms in total. The number of hydrogen-bond acceptors (Lipinski definition) is 4. The monoisotopic (exact) mass is 262 g/mol. The Kier molecular flexibility index (Phi) is 3.79. The molecule has 1 aromatic carbocycles. The molecule has 0 radical (unpaired) electrons. The van der Waals surface area contributed by atoms with Crippen molar-refractivity contribution in [1.82, 2.24) is 0 Å². The van der Waals surface area contributed by atoms with E-state index < -0.39 is 0 Å². The molecule has 0 amide bonds. The van der Waals surface area contributed by atoms with E-state index >= 15 is 0 Å². The van der Waals surface area contributed by atoms with Gasteiger partial charge in [0.25, 0.3) is 0 Å². The number of ether oxygens (including phenoxy) is 1. The van der Waals surface area contributed by atoms with Crippen LogP contribution >= 0.6 is 11.3 Å². The highest BCUT2D eigenvalue weighted by molar-refractivity contribution is 7.12. The van der Waals surface area contributed by atoms with Crippen LogP contribution in [0.2, 0.25) is 0 Å². The molecule has 4 heteroatoms. The second-order valence-corrected chi connectivity index (χ2v) is 4.92. The van der Waals surface area contributed by atoms with Crippen LogP contribution in [0.5, 0.6) is 5.75 Å². The van der Waals surface area contributed by atoms with Crippen LogP contribution < -0.4 is 0 Å². The van der Waals surface area contributed by atoms with Crippen LogP contribution in [0.1, 0.15) is 33.8 Å². The maximum absolute atomic E-state index is 11.3. The summed E-state index contributed by atoms with van der Waals surface area (Å²) in [4.78, 5) is 12.0. The van der Waals surface area contributed by atoms with Gasteiger partial charge in [-0.05, 0) is 41.6 Å². The van der Waals surface area contributed by atoms with E-state index in [-0.39, 0.29) is 17.6 Å². The Bertz CT molecular complexity index is 560. The van der Waals surface area contributed by atoms with E-state index in [9.17, 15) is 9.90 Å². The van der Waals surface area contributed by atoms with Gasteiger partial charge in [0.15, 0.2) is 5.78 Å². The topological polar surface area (TPSA) is 46.5 Å². The third kappa shape index (κ3) is 2.60. The number of Topliss-reactive ketones (excluding diaryl/α,β-unsaturated/α-hetero) is 1. The van der Waals surface area contributed by atoms with Crippen molar-refractivity contribution in [3.05, 3.63) is 51.7 Å². The Labute approximate surface area is 110 Å². The van der Waals surface area contributed by atoms with E-state index in [1.165, 1.54) is 11.3 Å². The highest BCUT2D eigenvalue weighted by Crippen LogP contribution is 2.30. The number of thiophene rings is 1. The lowest BCUT2D eigenvalue weighted by molar-refractivity contribution is 0.102. The predicted molar refractivity (Wildman–Crippen MR) is 71.3 cm³/mol. The van der Waals surface area contributed by atoms with Crippen LogP contribution in [0, 0.1) is 0 Å². The van der Waals surface area contributed by atoms with Gasteiger partial charge < -0.3 is 9.84 Å². The summed E-state index contributed by atoms with van der Waals surface area (Å²) in [6.45, 7) is 1.55. The summed E-state index contributed by atoms with van der Waals surface area (Å²) >= 11 is 1.41. The number of benzene rings is 1. The number of phenols is 1. The van der Waals surface area contributed by atoms with Gasteiger partial charge in [0.05, 0.1) is 4.88 Å². The highest BCUT2D eigenvalue weighted by Gasteiger charge is 2.16. The Hall–Kier alpha value is -1.65. The van der Waals surface area contributed by atoms with Crippen molar-refractivity contribution in [2.45, 2.75) is 13.0 Å². The number of carbonyl (C=O) groups excluding carboxylic acids is 1. The summed E-state index contributed by atoms with van der Waals surface area (Å²) < 4.78 is 5.45. The van der Waals surface area contributed by atoms with Crippen LogP contribution in [0.3, 0.4) is 0 Å². The SMILES string of the molecule is COC(c1cccc(O)c1)c1csc(C(C)=O)c1. The number of hydrogen-bond donors (Lipinski definition) is 1. The first-order chi connectivity index (χ1) is 8.61. The van der Waals surface area contributed by atoms with Crippen LogP contribution in [-0.4, -0.2) is 18.0 Å². The molecule has 1 N–H and O–H groups in total. The first kappa shape index (κ1) is 12.8. The van der Waals surface area contributed by atoms with Gasteiger partial charge in [0, 0.05) is 7.11 Å². The molecule has 0 bridgehead atoms. The molecule has 0 saturated heterocycles. The van der Waals surface area contributed by atoms with Crippen molar-refractivity contribution >= 4 is 17.1 Å². The number of carbonyl (C=O) groups is 1. The van der Waals surface area contributed by atoms with Crippen molar-refractivity contribution < 1.29 is 14.6 Å². The van der Waals surface area contributed by atoms with E-state index in [1.54, 1.807) is 32.2 Å². The van der Waals surface area contributed by atoms with E-state index in [1.807, 2.05) is 17.5 Å². The lowest BCUT2D eigenvalue weighted by Crippen LogP contribution is -2.02. The average molecular weight is 262 g/mol. The molecule has 1 aromatic heterocycles. The number of rotatable bonds is 4. The van der Waals surface area contributed by atoms with Crippen molar-refractivity contribution in [3.63, 3.8) is 0 Å². The zero-order valence-corrected chi connectivity index (χ0v) is 11.0. The molecule has 2 aromatic rings. The molecule has 0 aliphatic heterocycles. The van der Waals surface area contributed by atoms with E-state index in [0.29, 0.717) is 4.88 Å². The number of methoxy groups -OCH3 is 1. The Morgan fingerprint density at radius 3 is 2.67 bits per heavy atom. The van der Waals surface area contributed by atoms with Crippen LogP contribution in [-0.2, 0) is 4.74 Å². The molecule has 1 heterocycles. The van der Waals surface area contributed by atoms with Gasteiger partial charge in [-0.15, -0.1) is 11.3 Å². The lowest BCUT2D eigenvalue weighted by Gasteiger charge is -2.14. The molecule has 0 spiro atoms. The summed E-state index contributed by atoms with van der Waals surface area (Å²) in [6.07, 6.45) is -0.263. The van der Waals surface area contributed by atoms with Crippen molar-refractivity contribution in [2.24, 2.45) is 0 Å². The van der Waals surface area contributed by atoms with Crippen molar-refractivity contribution in [1.29, 1.82) is 0 Å². The quantitative estimate of drug-likeness (QED) is 0.859. The molecule has 0 aliphatic rings. The smallest absolute Gasteiger partial charge is 0.169 e. The van der Waals surface area contributed by atoms with E-state index in [4.69, 9.17) is 4.74 Å². The summed E-state index contributed by atoms with van der Waals surface area (Å²) in [7, 11) is 1.61. The summed E-state index contributed by atoms with van der Waals surface area (Å²) in [5, 5.41) is 11.4. The molecule has 2 rings (SSSR count). The zero-order chi connectivity index (χ0) is 13.1. The summed E-state index contributed by atoms with van der Waals surface area (Å²) in [5.41, 5.74) is 1.80. The van der Waals surface area contributed by atoms with Gasteiger partial charge in [0.2, 0.25) is 0 Å². The normalized spacial score (nSPS) is 12.3. The van der Waals surface area contributed by atoms with Crippen molar-refractivity contribution in [3.8, 4) is 5.75 Å². The Balaban J connectivity index is 2.35.